The number of carbonyl (C=O) groups is 2. The van der Waals surface area contributed by atoms with E-state index in [1.807, 2.05) is 26.0 Å². The molecular weight excluding hydrogens is 634 g/mol. The molecule has 9 N–H and O–H groups in total. The van der Waals surface area contributed by atoms with Crippen molar-refractivity contribution in [2.75, 3.05) is 6.54 Å². The Morgan fingerprint density at radius 2 is 1.66 bits per heavy atom. The Morgan fingerprint density at radius 1 is 1.02 bits per heavy atom. The summed E-state index contributed by atoms with van der Waals surface area (Å²) in [7, 11) is 0. The van der Waals surface area contributed by atoms with Crippen LogP contribution in [0.15, 0.2) is 41.2 Å². The molecule has 2 heterocycles. The number of guanidine groups is 1. The predicted molar refractivity (Wildman–Crippen MR) is 188 cm³/mol. The van der Waals surface area contributed by atoms with E-state index in [0.717, 1.165) is 46.4 Å². The van der Waals surface area contributed by atoms with E-state index in [1.54, 1.807) is 24.5 Å². The quantitative estimate of drug-likeness (QED) is 0.0703. The second-order valence-electron chi connectivity index (χ2n) is 15.2. The highest BCUT2D eigenvalue weighted by atomic mass is 16.5. The molecule has 4 bridgehead atoms. The molecule has 4 fully saturated rings. The Bertz CT molecular complexity index is 1620. The number of aromatic hydroxyl groups is 1. The Labute approximate surface area is 293 Å². The Hall–Kier alpha value is -4.52. The van der Waals surface area contributed by atoms with Gasteiger partial charge in [-0.05, 0) is 135 Å². The monoisotopic (exact) mass is 685 g/mol. The van der Waals surface area contributed by atoms with Gasteiger partial charge in [0.15, 0.2) is 11.8 Å². The SMILES string of the molecule is Cc1cc(O)cc(C)c1CC(NC(=O)C(N)CCCNC(=N)N)C(=O)N[C@@H](Cc1ccncc1)c1nc(CC23CC4CC(CC(C4)C2)C3)no1. The lowest BCUT2D eigenvalue weighted by molar-refractivity contribution is -0.130. The number of nitrogens with zero attached hydrogens (tertiary/aromatic N) is 3. The van der Waals surface area contributed by atoms with E-state index < -0.39 is 29.9 Å². The number of phenols is 1. The summed E-state index contributed by atoms with van der Waals surface area (Å²) >= 11 is 0. The fourth-order valence-corrected chi connectivity index (χ4v) is 9.21. The van der Waals surface area contributed by atoms with Crippen molar-refractivity contribution in [3.8, 4) is 5.75 Å². The lowest BCUT2D eigenvalue weighted by Crippen LogP contribution is -2.53. The van der Waals surface area contributed by atoms with Crippen LogP contribution in [-0.2, 0) is 28.9 Å². The van der Waals surface area contributed by atoms with E-state index >= 15 is 0 Å². The number of benzene rings is 1. The van der Waals surface area contributed by atoms with Crippen LogP contribution in [0.5, 0.6) is 5.75 Å². The normalized spacial score (nSPS) is 23.9. The van der Waals surface area contributed by atoms with Gasteiger partial charge in [0.25, 0.3) is 0 Å². The zero-order chi connectivity index (χ0) is 35.4. The number of amides is 2. The summed E-state index contributed by atoms with van der Waals surface area (Å²) in [6, 6.07) is 4.53. The van der Waals surface area contributed by atoms with Gasteiger partial charge in [-0.25, -0.2) is 0 Å². The molecule has 1 aromatic carbocycles. The van der Waals surface area contributed by atoms with Gasteiger partial charge in [0.05, 0.1) is 6.04 Å². The third-order valence-corrected chi connectivity index (χ3v) is 11.1. The molecule has 13 heteroatoms. The number of nitrogens with two attached hydrogens (primary N) is 2. The van der Waals surface area contributed by atoms with E-state index in [9.17, 15) is 14.7 Å². The van der Waals surface area contributed by atoms with Crippen LogP contribution in [0, 0.1) is 42.4 Å². The van der Waals surface area contributed by atoms with Gasteiger partial charge in [0.2, 0.25) is 17.7 Å². The summed E-state index contributed by atoms with van der Waals surface area (Å²) in [5.74, 6) is 2.53. The summed E-state index contributed by atoms with van der Waals surface area (Å²) in [5.41, 5.74) is 15.2. The van der Waals surface area contributed by atoms with Gasteiger partial charge in [0, 0.05) is 38.2 Å². The van der Waals surface area contributed by atoms with Gasteiger partial charge in [0.1, 0.15) is 17.8 Å². The van der Waals surface area contributed by atoms with Crippen molar-refractivity contribution in [1.29, 1.82) is 5.41 Å². The summed E-state index contributed by atoms with van der Waals surface area (Å²) in [4.78, 5) is 36.6. The van der Waals surface area contributed by atoms with Crippen molar-refractivity contribution < 1.29 is 19.2 Å². The lowest BCUT2D eigenvalue weighted by Gasteiger charge is -2.56. The topological polar surface area (TPSA) is 218 Å². The molecule has 3 atom stereocenters. The zero-order valence-corrected chi connectivity index (χ0v) is 29.1. The fourth-order valence-electron chi connectivity index (χ4n) is 9.21. The first-order valence-electron chi connectivity index (χ1n) is 17.9. The lowest BCUT2D eigenvalue weighted by atomic mass is 9.49. The minimum Gasteiger partial charge on any atom is -0.508 e. The first-order chi connectivity index (χ1) is 23.9. The first kappa shape index (κ1) is 35.3. The highest BCUT2D eigenvalue weighted by Gasteiger charge is 2.51. The fraction of sp³-hybridized carbons (Fsp3) is 0.568. The molecule has 0 aliphatic heterocycles. The van der Waals surface area contributed by atoms with Gasteiger partial charge in [-0.1, -0.05) is 5.16 Å². The first-order valence-corrected chi connectivity index (χ1v) is 17.9. The van der Waals surface area contributed by atoms with Crippen molar-refractivity contribution in [2.45, 2.75) is 103 Å². The molecule has 4 saturated carbocycles. The molecular formula is C37H51N9O4. The van der Waals surface area contributed by atoms with E-state index in [2.05, 4.69) is 26.1 Å². The van der Waals surface area contributed by atoms with Crippen LogP contribution >= 0.6 is 0 Å². The van der Waals surface area contributed by atoms with E-state index in [-0.39, 0.29) is 23.5 Å². The number of hydrogen-bond acceptors (Lipinski definition) is 9. The van der Waals surface area contributed by atoms with Crippen molar-refractivity contribution in [3.05, 3.63) is 70.6 Å². The maximum atomic E-state index is 14.2. The van der Waals surface area contributed by atoms with Crippen LogP contribution < -0.4 is 27.4 Å². The second-order valence-corrected chi connectivity index (χ2v) is 15.2. The maximum Gasteiger partial charge on any atom is 0.249 e. The van der Waals surface area contributed by atoms with Crippen molar-refractivity contribution >= 4 is 17.8 Å². The zero-order valence-electron chi connectivity index (χ0n) is 29.1. The molecule has 13 nitrogen and oxygen atoms in total. The molecule has 268 valence electrons. The number of aryl methyl sites for hydroxylation is 2. The van der Waals surface area contributed by atoms with Crippen LogP contribution in [0.3, 0.4) is 0 Å². The minimum atomic E-state index is -0.986. The van der Waals surface area contributed by atoms with Crippen LogP contribution in [0.1, 0.15) is 91.4 Å². The van der Waals surface area contributed by atoms with Gasteiger partial charge >= 0.3 is 0 Å². The van der Waals surface area contributed by atoms with Crippen molar-refractivity contribution in [1.82, 2.24) is 31.1 Å². The second kappa shape index (κ2) is 15.2. The molecule has 7 rings (SSSR count). The van der Waals surface area contributed by atoms with Crippen LogP contribution in [0.4, 0.5) is 0 Å². The average molecular weight is 686 g/mol. The summed E-state index contributed by atoms with van der Waals surface area (Å²) in [6.07, 6.45) is 13.4. The number of nitrogens with one attached hydrogen (secondary N) is 4. The van der Waals surface area contributed by atoms with Crippen LogP contribution in [-0.4, -0.2) is 56.6 Å². The molecule has 2 unspecified atom stereocenters. The molecule has 50 heavy (non-hydrogen) atoms. The molecule has 0 spiro atoms. The van der Waals surface area contributed by atoms with Gasteiger partial charge < -0.3 is 37.0 Å². The molecule has 0 radical (unpaired) electrons. The number of pyridine rings is 1. The summed E-state index contributed by atoms with van der Waals surface area (Å²) < 4.78 is 5.90. The van der Waals surface area contributed by atoms with Gasteiger partial charge in [-0.2, -0.15) is 4.98 Å². The maximum absolute atomic E-state index is 14.2. The number of carbonyl (C=O) groups excluding carboxylic acids is 2. The third kappa shape index (κ3) is 8.61. The molecule has 3 aromatic rings. The standard InChI is InChI=1S/C37H51N9O4/c1-21-10-27(47)11-22(2)28(21)16-30(43-33(48)29(38)4-3-7-42-36(39)40)34(49)44-31(15-23-5-8-41-9-6-23)35-45-32(46-50-35)20-37-17-24-12-25(18-37)14-26(13-24)19-37/h5-6,8-11,24-26,29-31,47H,3-4,7,12-20,38H2,1-2H3,(H,43,48)(H,44,49)(H4,39,40,42)/t24?,25?,26?,29?,30?,31-,37?/m0/s1. The Morgan fingerprint density at radius 3 is 2.28 bits per heavy atom. The van der Waals surface area contributed by atoms with Crippen LogP contribution in [0.2, 0.25) is 0 Å². The Kier molecular flexibility index (Phi) is 10.7. The number of hydrogen-bond donors (Lipinski definition) is 7. The van der Waals surface area contributed by atoms with E-state index in [4.69, 9.17) is 26.4 Å². The molecule has 2 amide bonds. The largest absolute Gasteiger partial charge is 0.508 e. The van der Waals surface area contributed by atoms with Crippen molar-refractivity contribution in [2.24, 2.45) is 34.6 Å². The average Bonchev–Trinajstić information content (AvgIpc) is 3.51. The number of phenolic OH excluding ortho intramolecular Hbond substituents is 1. The molecule has 2 aromatic heterocycles. The predicted octanol–water partition coefficient (Wildman–Crippen LogP) is 3.26. The molecule has 4 aliphatic carbocycles. The number of aromatic nitrogens is 3. The molecule has 0 saturated heterocycles. The van der Waals surface area contributed by atoms with E-state index in [0.29, 0.717) is 37.5 Å². The van der Waals surface area contributed by atoms with Gasteiger partial charge in [-0.15, -0.1) is 0 Å². The minimum absolute atomic E-state index is 0.133. The van der Waals surface area contributed by atoms with Gasteiger partial charge in [-0.3, -0.25) is 20.0 Å². The summed E-state index contributed by atoms with van der Waals surface area (Å²) in [5, 5.41) is 30.6. The highest BCUT2D eigenvalue weighted by molar-refractivity contribution is 5.90. The van der Waals surface area contributed by atoms with Crippen LogP contribution in [0.25, 0.3) is 0 Å². The van der Waals surface area contributed by atoms with E-state index in [1.165, 1.54) is 38.5 Å². The summed E-state index contributed by atoms with van der Waals surface area (Å²) in [6.45, 7) is 4.13. The molecule has 4 aliphatic rings. The highest BCUT2D eigenvalue weighted by Crippen LogP contribution is 2.60. The third-order valence-electron chi connectivity index (χ3n) is 11.1. The smallest absolute Gasteiger partial charge is 0.249 e. The Balaban J connectivity index is 1.21. The van der Waals surface area contributed by atoms with Crippen molar-refractivity contribution in [3.63, 3.8) is 0 Å². The number of rotatable bonds is 15.